The predicted molar refractivity (Wildman–Crippen MR) is 120 cm³/mol. The Hall–Kier alpha value is -2.63. The highest BCUT2D eigenvalue weighted by molar-refractivity contribution is 7.90. The lowest BCUT2D eigenvalue weighted by atomic mass is 9.84. The van der Waals surface area contributed by atoms with E-state index in [4.69, 9.17) is 13.1 Å². The molecule has 0 N–H and O–H groups in total. The third kappa shape index (κ3) is 3.87. The second-order valence-electron chi connectivity index (χ2n) is 7.98. The number of nitrogens with zero attached hydrogens (tertiary/aromatic N) is 1. The standard InChI is InChI=1S/C25H25NO3S/c1-17-3-6-21(7-4-17)28-30-29-23-8-5-18-15-25-24-10-9-22(27-2)13-19(24)11-12-26(25)16-20(18)14-23/h3-10,13-14,25H,11-12,15-16H2,1-2H3. The first kappa shape index (κ1) is 19.3. The first-order valence-electron chi connectivity index (χ1n) is 10.3. The fraction of sp³-hybridized carbons (Fsp3) is 0.280. The van der Waals surface area contributed by atoms with Gasteiger partial charge < -0.3 is 13.1 Å². The van der Waals surface area contributed by atoms with Crippen LogP contribution in [0.25, 0.3) is 0 Å². The van der Waals surface area contributed by atoms with Gasteiger partial charge >= 0.3 is 0 Å². The maximum atomic E-state index is 5.79. The Labute approximate surface area is 182 Å². The van der Waals surface area contributed by atoms with Gasteiger partial charge in [0.15, 0.2) is 0 Å². The fourth-order valence-corrected chi connectivity index (χ4v) is 4.82. The average Bonchev–Trinajstić information content (AvgIpc) is 2.78. The summed E-state index contributed by atoms with van der Waals surface area (Å²) in [5.74, 6) is 2.56. The normalized spacial score (nSPS) is 17.5. The average molecular weight is 420 g/mol. The number of ether oxygens (including phenoxy) is 1. The second-order valence-corrected chi connectivity index (χ2v) is 8.45. The zero-order valence-corrected chi connectivity index (χ0v) is 18.1. The summed E-state index contributed by atoms with van der Waals surface area (Å²) in [6.07, 6.45) is 2.09. The molecular weight excluding hydrogens is 394 g/mol. The van der Waals surface area contributed by atoms with Crippen LogP contribution in [-0.4, -0.2) is 18.6 Å². The van der Waals surface area contributed by atoms with Crippen LogP contribution in [0, 0.1) is 6.92 Å². The van der Waals surface area contributed by atoms with E-state index < -0.39 is 0 Å². The predicted octanol–water partition coefficient (Wildman–Crippen LogP) is 5.68. The van der Waals surface area contributed by atoms with E-state index in [0.717, 1.165) is 55.5 Å². The molecule has 0 saturated carbocycles. The van der Waals surface area contributed by atoms with Gasteiger partial charge in [0.2, 0.25) is 0 Å². The summed E-state index contributed by atoms with van der Waals surface area (Å²) in [4.78, 5) is 2.58. The van der Waals surface area contributed by atoms with Gasteiger partial charge in [0.05, 0.1) is 7.11 Å². The molecular formula is C25H25NO3S. The van der Waals surface area contributed by atoms with Crippen molar-refractivity contribution < 1.29 is 13.1 Å². The number of methoxy groups -OCH3 is 1. The summed E-state index contributed by atoms with van der Waals surface area (Å²) in [5.41, 5.74) is 6.81. The highest BCUT2D eigenvalue weighted by Gasteiger charge is 2.32. The molecule has 0 fully saturated rings. The van der Waals surface area contributed by atoms with Gasteiger partial charge in [0.25, 0.3) is 12.3 Å². The van der Waals surface area contributed by atoms with Crippen LogP contribution in [0.1, 0.15) is 33.9 Å². The molecule has 2 aliphatic rings. The molecule has 1 unspecified atom stereocenters. The summed E-state index contributed by atoms with van der Waals surface area (Å²) in [6, 6.07) is 21.3. The van der Waals surface area contributed by atoms with Crippen molar-refractivity contribution in [3.63, 3.8) is 0 Å². The summed E-state index contributed by atoms with van der Waals surface area (Å²) in [6.45, 7) is 4.08. The van der Waals surface area contributed by atoms with Gasteiger partial charge in [-0.2, -0.15) is 0 Å². The van der Waals surface area contributed by atoms with Crippen molar-refractivity contribution in [3.05, 3.63) is 88.5 Å². The molecule has 2 aliphatic heterocycles. The van der Waals surface area contributed by atoms with Crippen LogP contribution in [0.3, 0.4) is 0 Å². The Bertz CT molecular complexity index is 1050. The quantitative estimate of drug-likeness (QED) is 0.497. The molecule has 0 amide bonds. The highest BCUT2D eigenvalue weighted by Crippen LogP contribution is 2.40. The Balaban J connectivity index is 1.28. The number of aryl methyl sites for hydroxylation is 1. The minimum absolute atomic E-state index is 0.443. The second kappa shape index (κ2) is 8.25. The first-order valence-corrected chi connectivity index (χ1v) is 11.0. The lowest BCUT2D eigenvalue weighted by Crippen LogP contribution is -2.39. The molecule has 5 heteroatoms. The molecule has 0 spiro atoms. The maximum absolute atomic E-state index is 5.79. The van der Waals surface area contributed by atoms with E-state index in [-0.39, 0.29) is 0 Å². The molecule has 0 aliphatic carbocycles. The summed E-state index contributed by atoms with van der Waals surface area (Å²) >= 11 is 1.01. The zero-order chi connectivity index (χ0) is 20.5. The molecule has 5 rings (SSSR count). The van der Waals surface area contributed by atoms with Gasteiger partial charge in [-0.1, -0.05) is 29.8 Å². The molecule has 1 atom stereocenters. The van der Waals surface area contributed by atoms with Crippen molar-refractivity contribution in [2.45, 2.75) is 32.4 Å². The summed E-state index contributed by atoms with van der Waals surface area (Å²) in [7, 11) is 1.73. The van der Waals surface area contributed by atoms with Gasteiger partial charge in [-0.05, 0) is 78.4 Å². The summed E-state index contributed by atoms with van der Waals surface area (Å²) < 4.78 is 16.8. The number of hydrogen-bond acceptors (Lipinski definition) is 5. The van der Waals surface area contributed by atoms with E-state index in [1.54, 1.807) is 7.11 Å². The van der Waals surface area contributed by atoms with Crippen molar-refractivity contribution in [2.75, 3.05) is 13.7 Å². The van der Waals surface area contributed by atoms with Crippen LogP contribution >= 0.6 is 12.3 Å². The van der Waals surface area contributed by atoms with E-state index in [1.807, 2.05) is 30.3 Å². The minimum Gasteiger partial charge on any atom is -0.497 e. The molecule has 0 saturated heterocycles. The SMILES string of the molecule is COc1ccc2c(c1)CCN1Cc3cc(OSOc4ccc(C)cc4)ccc3CC21. The molecule has 2 heterocycles. The largest absolute Gasteiger partial charge is 0.497 e. The number of fused-ring (bicyclic) bond motifs is 4. The van der Waals surface area contributed by atoms with Gasteiger partial charge in [-0.25, -0.2) is 0 Å². The van der Waals surface area contributed by atoms with Crippen molar-refractivity contribution >= 4 is 12.3 Å². The van der Waals surface area contributed by atoms with Crippen LogP contribution in [0.15, 0.2) is 60.7 Å². The minimum atomic E-state index is 0.443. The Morgan fingerprint density at radius 2 is 1.57 bits per heavy atom. The molecule has 4 nitrogen and oxygen atoms in total. The van der Waals surface area contributed by atoms with E-state index in [0.29, 0.717) is 6.04 Å². The van der Waals surface area contributed by atoms with E-state index in [1.165, 1.54) is 27.8 Å². The lowest BCUT2D eigenvalue weighted by molar-refractivity contribution is 0.160. The molecule has 0 aromatic heterocycles. The topological polar surface area (TPSA) is 30.9 Å². The van der Waals surface area contributed by atoms with Crippen LogP contribution in [0.2, 0.25) is 0 Å². The monoisotopic (exact) mass is 419 g/mol. The molecule has 3 aromatic carbocycles. The van der Waals surface area contributed by atoms with Crippen molar-refractivity contribution in [3.8, 4) is 17.2 Å². The highest BCUT2D eigenvalue weighted by atomic mass is 32.2. The van der Waals surface area contributed by atoms with Gasteiger partial charge in [0.1, 0.15) is 17.2 Å². The van der Waals surface area contributed by atoms with Gasteiger partial charge in [-0.15, -0.1) is 0 Å². The van der Waals surface area contributed by atoms with Crippen LogP contribution < -0.4 is 13.1 Å². The third-order valence-corrected chi connectivity index (χ3v) is 6.59. The molecule has 0 radical (unpaired) electrons. The van der Waals surface area contributed by atoms with Gasteiger partial charge in [-0.3, -0.25) is 4.90 Å². The Morgan fingerprint density at radius 3 is 2.40 bits per heavy atom. The maximum Gasteiger partial charge on any atom is 0.293 e. The third-order valence-electron chi connectivity index (χ3n) is 6.06. The van der Waals surface area contributed by atoms with E-state index in [9.17, 15) is 0 Å². The lowest BCUT2D eigenvalue weighted by Gasteiger charge is -2.41. The van der Waals surface area contributed by atoms with Crippen LogP contribution in [0.5, 0.6) is 17.2 Å². The van der Waals surface area contributed by atoms with Gasteiger partial charge in [0, 0.05) is 19.1 Å². The van der Waals surface area contributed by atoms with Crippen molar-refractivity contribution in [1.82, 2.24) is 4.90 Å². The Morgan fingerprint density at radius 1 is 0.833 bits per heavy atom. The van der Waals surface area contributed by atoms with E-state index >= 15 is 0 Å². The fourth-order valence-electron chi connectivity index (χ4n) is 4.41. The molecule has 30 heavy (non-hydrogen) atoms. The molecule has 0 bridgehead atoms. The smallest absolute Gasteiger partial charge is 0.293 e. The molecule has 154 valence electrons. The number of benzene rings is 3. The zero-order valence-electron chi connectivity index (χ0n) is 17.3. The van der Waals surface area contributed by atoms with Crippen molar-refractivity contribution in [2.24, 2.45) is 0 Å². The first-order chi connectivity index (χ1) is 14.7. The van der Waals surface area contributed by atoms with Crippen molar-refractivity contribution in [1.29, 1.82) is 0 Å². The number of rotatable bonds is 5. The number of hydrogen-bond donors (Lipinski definition) is 0. The summed E-state index contributed by atoms with van der Waals surface area (Å²) in [5, 5.41) is 0. The van der Waals surface area contributed by atoms with Crippen LogP contribution in [-0.2, 0) is 19.4 Å². The van der Waals surface area contributed by atoms with Crippen LogP contribution in [0.4, 0.5) is 0 Å². The van der Waals surface area contributed by atoms with E-state index in [2.05, 4.69) is 42.2 Å². The molecule has 3 aromatic rings. The Kier molecular flexibility index (Phi) is 5.32.